The van der Waals surface area contributed by atoms with Gasteiger partial charge in [-0.1, -0.05) is 30.3 Å². The van der Waals surface area contributed by atoms with Gasteiger partial charge in [0.2, 0.25) is 15.9 Å². The smallest absolute Gasteiger partial charge is 0.330 e. The normalized spacial score (nSPS) is 20.7. The number of nitrogens with zero attached hydrogens (tertiary/aromatic N) is 1. The third-order valence-electron chi connectivity index (χ3n) is 3.89. The Balaban J connectivity index is 2.09. The summed E-state index contributed by atoms with van der Waals surface area (Å²) in [5.41, 5.74) is 0.476. The van der Waals surface area contributed by atoms with E-state index in [0.717, 1.165) is 6.26 Å². The van der Waals surface area contributed by atoms with E-state index in [2.05, 4.69) is 5.32 Å². The molecule has 23 heavy (non-hydrogen) atoms. The highest BCUT2D eigenvalue weighted by Crippen LogP contribution is 2.21. The van der Waals surface area contributed by atoms with Crippen molar-refractivity contribution in [2.45, 2.75) is 18.9 Å². The van der Waals surface area contributed by atoms with Crippen LogP contribution in [0.1, 0.15) is 24.4 Å². The maximum Gasteiger partial charge on any atom is 0.330 e. The Bertz CT molecular complexity index is 674. The molecule has 0 radical (unpaired) electrons. The fourth-order valence-corrected chi connectivity index (χ4v) is 3.56. The predicted molar refractivity (Wildman–Crippen MR) is 84.1 cm³/mol. The van der Waals surface area contributed by atoms with Crippen molar-refractivity contribution in [1.82, 2.24) is 9.62 Å². The molecule has 1 saturated heterocycles. The van der Waals surface area contributed by atoms with Crippen LogP contribution in [0.15, 0.2) is 30.3 Å². The fourth-order valence-electron chi connectivity index (χ4n) is 2.65. The number of sulfonamides is 1. The van der Waals surface area contributed by atoms with E-state index in [9.17, 15) is 23.1 Å². The standard InChI is InChI=1S/C15H20N2O5S/c1-23(21,22)17-9-5-8-12(10-17)14(18)16-13(15(19)20)11-6-3-2-4-7-11/h2-4,6-7,12-13H,5,8-10H2,1H3,(H,16,18)(H,19,20). The zero-order chi connectivity index (χ0) is 17.0. The third-order valence-corrected chi connectivity index (χ3v) is 5.16. The van der Waals surface area contributed by atoms with Gasteiger partial charge in [0, 0.05) is 13.1 Å². The van der Waals surface area contributed by atoms with Crippen LogP contribution in [-0.4, -0.2) is 49.1 Å². The summed E-state index contributed by atoms with van der Waals surface area (Å²) < 4.78 is 24.5. The van der Waals surface area contributed by atoms with Crippen LogP contribution in [0.3, 0.4) is 0 Å². The molecule has 7 nitrogen and oxygen atoms in total. The molecular weight excluding hydrogens is 320 g/mol. The maximum atomic E-state index is 12.4. The molecule has 1 aromatic rings. The van der Waals surface area contributed by atoms with Crippen LogP contribution in [0.4, 0.5) is 0 Å². The van der Waals surface area contributed by atoms with Gasteiger partial charge in [-0.05, 0) is 18.4 Å². The second kappa shape index (κ2) is 7.10. The average molecular weight is 340 g/mol. The van der Waals surface area contributed by atoms with Gasteiger partial charge in [-0.3, -0.25) is 4.79 Å². The molecule has 126 valence electrons. The van der Waals surface area contributed by atoms with Crippen LogP contribution in [0.2, 0.25) is 0 Å². The molecule has 2 N–H and O–H groups in total. The largest absolute Gasteiger partial charge is 0.479 e. The minimum atomic E-state index is -3.35. The first-order chi connectivity index (χ1) is 10.8. The van der Waals surface area contributed by atoms with Crippen molar-refractivity contribution in [3.8, 4) is 0 Å². The van der Waals surface area contributed by atoms with E-state index in [0.29, 0.717) is 24.9 Å². The molecule has 2 rings (SSSR count). The SMILES string of the molecule is CS(=O)(=O)N1CCCC(C(=O)NC(C(=O)O)c2ccccc2)C1. The molecule has 1 fully saturated rings. The number of piperidine rings is 1. The van der Waals surface area contributed by atoms with Crippen LogP contribution >= 0.6 is 0 Å². The summed E-state index contributed by atoms with van der Waals surface area (Å²) in [6.07, 6.45) is 2.23. The minimum absolute atomic E-state index is 0.0891. The van der Waals surface area contributed by atoms with Crippen molar-refractivity contribution in [2.75, 3.05) is 19.3 Å². The molecule has 8 heteroatoms. The highest BCUT2D eigenvalue weighted by atomic mass is 32.2. The predicted octanol–water partition coefficient (Wildman–Crippen LogP) is 0.600. The first-order valence-electron chi connectivity index (χ1n) is 7.32. The van der Waals surface area contributed by atoms with Gasteiger partial charge < -0.3 is 10.4 Å². The molecule has 1 aliphatic heterocycles. The lowest BCUT2D eigenvalue weighted by atomic mass is 9.97. The molecule has 2 atom stereocenters. The van der Waals surface area contributed by atoms with E-state index in [1.165, 1.54) is 4.31 Å². The van der Waals surface area contributed by atoms with Crippen molar-refractivity contribution in [2.24, 2.45) is 5.92 Å². The number of hydrogen-bond donors (Lipinski definition) is 2. The van der Waals surface area contributed by atoms with Crippen LogP contribution < -0.4 is 5.32 Å². The van der Waals surface area contributed by atoms with Crippen molar-refractivity contribution in [1.29, 1.82) is 0 Å². The number of hydrogen-bond acceptors (Lipinski definition) is 4. The molecule has 0 aliphatic carbocycles. The van der Waals surface area contributed by atoms with Crippen LogP contribution in [-0.2, 0) is 19.6 Å². The van der Waals surface area contributed by atoms with Crippen LogP contribution in [0, 0.1) is 5.92 Å². The summed E-state index contributed by atoms with van der Waals surface area (Å²) in [5.74, 6) is -2.13. The fraction of sp³-hybridized carbons (Fsp3) is 0.467. The van der Waals surface area contributed by atoms with Gasteiger partial charge in [-0.2, -0.15) is 0 Å². The molecule has 2 unspecified atom stereocenters. The maximum absolute atomic E-state index is 12.4. The number of carboxylic acid groups (broad SMARTS) is 1. The lowest BCUT2D eigenvalue weighted by Crippen LogP contribution is -2.46. The van der Waals surface area contributed by atoms with Gasteiger partial charge in [0.05, 0.1) is 12.2 Å². The second-order valence-electron chi connectivity index (χ2n) is 5.65. The van der Waals surface area contributed by atoms with Crippen molar-refractivity contribution in [3.05, 3.63) is 35.9 Å². The number of carbonyl (C=O) groups is 2. The van der Waals surface area contributed by atoms with E-state index in [1.807, 2.05) is 0 Å². The quantitative estimate of drug-likeness (QED) is 0.817. The Hall–Kier alpha value is -1.93. The van der Waals surface area contributed by atoms with E-state index in [4.69, 9.17) is 0 Å². The summed E-state index contributed by atoms with van der Waals surface area (Å²) in [6, 6.07) is 7.27. The number of benzene rings is 1. The van der Waals surface area contributed by atoms with Crippen molar-refractivity contribution >= 4 is 21.9 Å². The zero-order valence-corrected chi connectivity index (χ0v) is 13.6. The zero-order valence-electron chi connectivity index (χ0n) is 12.8. The van der Waals surface area contributed by atoms with Crippen LogP contribution in [0.5, 0.6) is 0 Å². The average Bonchev–Trinajstić information content (AvgIpc) is 2.52. The lowest BCUT2D eigenvalue weighted by Gasteiger charge is -2.30. The van der Waals surface area contributed by atoms with Gasteiger partial charge in [0.25, 0.3) is 0 Å². The summed E-state index contributed by atoms with van der Waals surface area (Å²) in [7, 11) is -3.35. The summed E-state index contributed by atoms with van der Waals surface area (Å²) in [4.78, 5) is 23.8. The van der Waals surface area contributed by atoms with Crippen molar-refractivity contribution < 1.29 is 23.1 Å². The van der Waals surface area contributed by atoms with E-state index in [1.54, 1.807) is 30.3 Å². The molecule has 0 aromatic heterocycles. The summed E-state index contributed by atoms with van der Waals surface area (Å²) in [5, 5.41) is 11.8. The molecular formula is C15H20N2O5S. The van der Waals surface area contributed by atoms with Gasteiger partial charge in [-0.25, -0.2) is 17.5 Å². The topological polar surface area (TPSA) is 104 Å². The first kappa shape index (κ1) is 17.4. The van der Waals surface area contributed by atoms with Crippen molar-refractivity contribution in [3.63, 3.8) is 0 Å². The Morgan fingerprint density at radius 2 is 1.96 bits per heavy atom. The van der Waals surface area contributed by atoms with Crippen LogP contribution in [0.25, 0.3) is 0 Å². The molecule has 1 aromatic carbocycles. The Kier molecular flexibility index (Phi) is 5.38. The minimum Gasteiger partial charge on any atom is -0.479 e. The Morgan fingerprint density at radius 1 is 1.30 bits per heavy atom. The van der Waals surface area contributed by atoms with Gasteiger partial charge in [-0.15, -0.1) is 0 Å². The van der Waals surface area contributed by atoms with Gasteiger partial charge in [0.1, 0.15) is 0 Å². The van der Waals surface area contributed by atoms with Gasteiger partial charge >= 0.3 is 5.97 Å². The molecule has 0 saturated carbocycles. The molecule has 0 bridgehead atoms. The molecule has 1 heterocycles. The highest BCUT2D eigenvalue weighted by molar-refractivity contribution is 7.88. The number of rotatable bonds is 5. The molecule has 0 spiro atoms. The number of nitrogens with one attached hydrogen (secondary N) is 1. The lowest BCUT2D eigenvalue weighted by molar-refractivity contribution is -0.143. The second-order valence-corrected chi connectivity index (χ2v) is 7.63. The van der Waals surface area contributed by atoms with E-state index < -0.39 is 33.9 Å². The highest BCUT2D eigenvalue weighted by Gasteiger charge is 2.32. The number of carboxylic acids is 1. The van der Waals surface area contributed by atoms with E-state index in [-0.39, 0.29) is 6.54 Å². The Morgan fingerprint density at radius 3 is 2.52 bits per heavy atom. The third kappa shape index (κ3) is 4.52. The molecule has 1 amide bonds. The van der Waals surface area contributed by atoms with Gasteiger partial charge in [0.15, 0.2) is 6.04 Å². The monoisotopic (exact) mass is 340 g/mol. The van der Waals surface area contributed by atoms with E-state index >= 15 is 0 Å². The molecule has 1 aliphatic rings. The number of carbonyl (C=O) groups excluding carboxylic acids is 1. The Labute approximate surface area is 135 Å². The summed E-state index contributed by atoms with van der Waals surface area (Å²) in [6.45, 7) is 0.482. The number of amides is 1. The first-order valence-corrected chi connectivity index (χ1v) is 9.17. The number of aliphatic carboxylic acids is 1. The summed E-state index contributed by atoms with van der Waals surface area (Å²) >= 11 is 0.